The van der Waals surface area contributed by atoms with Crippen LogP contribution in [0.5, 0.6) is 5.75 Å². The van der Waals surface area contributed by atoms with E-state index in [1.54, 1.807) is 12.1 Å². The van der Waals surface area contributed by atoms with Crippen molar-refractivity contribution in [2.75, 3.05) is 32.0 Å². The number of hydrogen-bond acceptors (Lipinski definition) is 8. The summed E-state index contributed by atoms with van der Waals surface area (Å²) in [5, 5.41) is 0. The molecule has 0 aromatic heterocycles. The maximum atomic E-state index is 12.6. The minimum Gasteiger partial charge on any atom is -0.465 e. The molecule has 0 atom stereocenters. The van der Waals surface area contributed by atoms with Gasteiger partial charge in [-0.1, -0.05) is 109 Å². The molecule has 292 valence electrons. The van der Waals surface area contributed by atoms with Crippen molar-refractivity contribution < 1.29 is 28.6 Å². The van der Waals surface area contributed by atoms with Gasteiger partial charge in [0.25, 0.3) is 0 Å². The molecular formula is C43H73NO6S. The van der Waals surface area contributed by atoms with Gasteiger partial charge in [-0.05, 0) is 94.5 Å². The Kier molecular flexibility index (Phi) is 26.9. The number of esters is 3. The second-order valence-corrected chi connectivity index (χ2v) is 15.3. The molecule has 0 spiro atoms. The fourth-order valence-electron chi connectivity index (χ4n) is 6.94. The summed E-state index contributed by atoms with van der Waals surface area (Å²) >= 11 is 4.32. The van der Waals surface area contributed by atoms with Crippen LogP contribution in [-0.4, -0.2) is 60.9 Å². The predicted octanol–water partition coefficient (Wildman–Crippen LogP) is 10.9. The third-order valence-electron chi connectivity index (χ3n) is 10.2. The van der Waals surface area contributed by atoms with E-state index in [2.05, 4.69) is 31.4 Å². The fourth-order valence-corrected chi connectivity index (χ4v) is 7.22. The van der Waals surface area contributed by atoms with Crippen molar-refractivity contribution in [3.63, 3.8) is 0 Å². The summed E-state index contributed by atoms with van der Waals surface area (Å²) in [4.78, 5) is 39.8. The second kappa shape index (κ2) is 30.4. The quantitative estimate of drug-likeness (QED) is 0.0352. The Morgan fingerprint density at radius 1 is 0.706 bits per heavy atom. The number of rotatable bonds is 31. The molecule has 1 saturated heterocycles. The van der Waals surface area contributed by atoms with Crippen LogP contribution in [0.25, 0.3) is 0 Å². The Hall–Kier alpha value is -2.06. The minimum atomic E-state index is -0.246. The van der Waals surface area contributed by atoms with Crippen molar-refractivity contribution in [2.24, 2.45) is 5.92 Å². The standard InChI is InChI=1S/C43H73NO6S/c1-3-5-7-9-12-16-20-39(21-17-13-10-8-6-4-2)49-41(45)22-18-14-11-15-19-23-42(46)50-40-26-24-38(25-27-40)36-43(47)48-34-30-37-28-31-44(32-29-37)33-35-51/h24-27,37,39,51H,3-23,28-36H2,1-2H3. The van der Waals surface area contributed by atoms with E-state index in [1.807, 2.05) is 12.1 Å². The van der Waals surface area contributed by atoms with Crippen LogP contribution in [0.1, 0.15) is 174 Å². The van der Waals surface area contributed by atoms with Gasteiger partial charge in [0.15, 0.2) is 0 Å². The number of thiol groups is 1. The average molecular weight is 732 g/mol. The lowest BCUT2D eigenvalue weighted by molar-refractivity contribution is -0.150. The van der Waals surface area contributed by atoms with Crippen LogP contribution in [0, 0.1) is 5.92 Å². The smallest absolute Gasteiger partial charge is 0.311 e. The Bertz CT molecular complexity index is 1010. The third kappa shape index (κ3) is 24.0. The number of benzene rings is 1. The molecule has 0 amide bonds. The van der Waals surface area contributed by atoms with Crippen LogP contribution in [0.3, 0.4) is 0 Å². The normalized spacial score (nSPS) is 13.8. The zero-order valence-electron chi connectivity index (χ0n) is 32.5. The predicted molar refractivity (Wildman–Crippen MR) is 213 cm³/mol. The molecule has 0 saturated carbocycles. The molecule has 7 nitrogen and oxygen atoms in total. The zero-order valence-corrected chi connectivity index (χ0v) is 33.4. The Morgan fingerprint density at radius 3 is 1.80 bits per heavy atom. The molecular weight excluding hydrogens is 659 g/mol. The zero-order chi connectivity index (χ0) is 36.8. The second-order valence-electron chi connectivity index (χ2n) is 14.8. The maximum Gasteiger partial charge on any atom is 0.311 e. The molecule has 0 radical (unpaired) electrons. The highest BCUT2D eigenvalue weighted by Crippen LogP contribution is 2.21. The van der Waals surface area contributed by atoms with Gasteiger partial charge in [0.2, 0.25) is 0 Å². The van der Waals surface area contributed by atoms with Crippen LogP contribution in [0.2, 0.25) is 0 Å². The molecule has 1 aromatic rings. The maximum absolute atomic E-state index is 12.6. The van der Waals surface area contributed by atoms with Gasteiger partial charge in [0.1, 0.15) is 11.9 Å². The first-order chi connectivity index (χ1) is 24.9. The summed E-state index contributed by atoms with van der Waals surface area (Å²) in [6.45, 7) is 8.22. The largest absolute Gasteiger partial charge is 0.465 e. The first kappa shape index (κ1) is 45.1. The number of ether oxygens (including phenoxy) is 3. The Balaban J connectivity index is 1.53. The van der Waals surface area contributed by atoms with E-state index >= 15 is 0 Å². The van der Waals surface area contributed by atoms with Gasteiger partial charge in [-0.15, -0.1) is 0 Å². The molecule has 1 heterocycles. The minimum absolute atomic E-state index is 0.0461. The van der Waals surface area contributed by atoms with E-state index in [4.69, 9.17) is 14.2 Å². The molecule has 1 aliphatic heterocycles. The average Bonchev–Trinajstić information content (AvgIpc) is 3.12. The van der Waals surface area contributed by atoms with E-state index in [0.717, 1.165) is 108 Å². The summed E-state index contributed by atoms with van der Waals surface area (Å²) in [7, 11) is 0. The van der Waals surface area contributed by atoms with E-state index in [9.17, 15) is 14.4 Å². The van der Waals surface area contributed by atoms with Gasteiger partial charge in [0.05, 0.1) is 13.0 Å². The van der Waals surface area contributed by atoms with Crippen molar-refractivity contribution in [2.45, 2.75) is 180 Å². The lowest BCUT2D eigenvalue weighted by atomic mass is 9.94. The summed E-state index contributed by atoms with van der Waals surface area (Å²) in [6, 6.07) is 7.11. The molecule has 1 aliphatic rings. The van der Waals surface area contributed by atoms with Crippen molar-refractivity contribution >= 4 is 30.5 Å². The van der Waals surface area contributed by atoms with Crippen molar-refractivity contribution in [1.29, 1.82) is 0 Å². The number of unbranched alkanes of at least 4 members (excludes halogenated alkanes) is 14. The Labute approximate surface area is 317 Å². The molecule has 0 aliphatic carbocycles. The van der Waals surface area contributed by atoms with Crippen LogP contribution in [0.4, 0.5) is 0 Å². The van der Waals surface area contributed by atoms with E-state index in [0.29, 0.717) is 31.1 Å². The number of piperidine rings is 1. The van der Waals surface area contributed by atoms with E-state index in [-0.39, 0.29) is 30.4 Å². The van der Waals surface area contributed by atoms with Gasteiger partial charge >= 0.3 is 17.9 Å². The van der Waals surface area contributed by atoms with Crippen LogP contribution in [-0.2, 0) is 30.3 Å². The molecule has 0 N–H and O–H groups in total. The topological polar surface area (TPSA) is 82.1 Å². The number of likely N-dealkylation sites (tertiary alicyclic amines) is 1. The number of carbonyl (C=O) groups excluding carboxylic acids is 3. The number of carbonyl (C=O) groups is 3. The van der Waals surface area contributed by atoms with Crippen LogP contribution in [0.15, 0.2) is 24.3 Å². The Morgan fingerprint density at radius 2 is 1.24 bits per heavy atom. The lowest BCUT2D eigenvalue weighted by Gasteiger charge is -2.31. The lowest BCUT2D eigenvalue weighted by Crippen LogP contribution is -2.35. The fraction of sp³-hybridized carbons (Fsp3) is 0.791. The molecule has 1 aromatic carbocycles. The van der Waals surface area contributed by atoms with Gasteiger partial charge in [0, 0.05) is 25.1 Å². The third-order valence-corrected chi connectivity index (χ3v) is 10.4. The summed E-state index contributed by atoms with van der Waals surface area (Å²) in [5.74, 6) is 1.49. The summed E-state index contributed by atoms with van der Waals surface area (Å²) < 4.78 is 17.0. The van der Waals surface area contributed by atoms with Crippen LogP contribution < -0.4 is 4.74 Å². The SMILES string of the molecule is CCCCCCCCC(CCCCCCCC)OC(=O)CCCCCCCC(=O)Oc1ccc(CC(=O)OCCC2CCN(CCS)CC2)cc1. The summed E-state index contributed by atoms with van der Waals surface area (Å²) in [6.07, 6.45) is 26.0. The van der Waals surface area contributed by atoms with Crippen molar-refractivity contribution in [3.05, 3.63) is 29.8 Å². The van der Waals surface area contributed by atoms with Crippen molar-refractivity contribution in [1.82, 2.24) is 4.90 Å². The van der Waals surface area contributed by atoms with Gasteiger partial charge in [-0.25, -0.2) is 0 Å². The molecule has 0 bridgehead atoms. The molecule has 2 rings (SSSR count). The molecule has 51 heavy (non-hydrogen) atoms. The number of hydrogen-bond donors (Lipinski definition) is 1. The highest BCUT2D eigenvalue weighted by molar-refractivity contribution is 7.80. The van der Waals surface area contributed by atoms with Gasteiger partial charge in [-0.3, -0.25) is 14.4 Å². The molecule has 8 heteroatoms. The van der Waals surface area contributed by atoms with Crippen LogP contribution >= 0.6 is 12.6 Å². The van der Waals surface area contributed by atoms with E-state index < -0.39 is 0 Å². The highest BCUT2D eigenvalue weighted by Gasteiger charge is 2.19. The first-order valence-corrected chi connectivity index (χ1v) is 21.5. The van der Waals surface area contributed by atoms with E-state index in [1.165, 1.54) is 64.2 Å². The molecule has 0 unspecified atom stereocenters. The highest BCUT2D eigenvalue weighted by atomic mass is 32.1. The monoisotopic (exact) mass is 732 g/mol. The molecule has 1 fully saturated rings. The van der Waals surface area contributed by atoms with Gasteiger partial charge < -0.3 is 19.1 Å². The number of nitrogens with zero attached hydrogens (tertiary/aromatic N) is 1. The van der Waals surface area contributed by atoms with Gasteiger partial charge in [-0.2, -0.15) is 12.6 Å². The first-order valence-electron chi connectivity index (χ1n) is 20.9. The summed E-state index contributed by atoms with van der Waals surface area (Å²) in [5.41, 5.74) is 0.842. The van der Waals surface area contributed by atoms with Crippen molar-refractivity contribution in [3.8, 4) is 5.75 Å².